The third kappa shape index (κ3) is 5.52. The van der Waals surface area contributed by atoms with E-state index in [9.17, 15) is 20.2 Å². The van der Waals surface area contributed by atoms with Gasteiger partial charge >= 0.3 is 5.97 Å². The summed E-state index contributed by atoms with van der Waals surface area (Å²) in [7, 11) is 0. The molecule has 0 amide bonds. The molecule has 0 aliphatic rings. The molecule has 8 nitrogen and oxygen atoms in total. The Labute approximate surface area is 182 Å². The van der Waals surface area contributed by atoms with Gasteiger partial charge in [0.05, 0.1) is 22.3 Å². The molecule has 3 rings (SSSR count). The maximum atomic E-state index is 11.9. The molecule has 1 aromatic heterocycles. The lowest BCUT2D eigenvalue weighted by Gasteiger charge is -2.08. The van der Waals surface area contributed by atoms with Gasteiger partial charge in [-0.05, 0) is 38.1 Å². The van der Waals surface area contributed by atoms with Gasteiger partial charge in [0.15, 0.2) is 0 Å². The van der Waals surface area contributed by atoms with Crippen molar-refractivity contribution in [2.75, 3.05) is 5.32 Å². The molecule has 2 aromatic carbocycles. The molecule has 0 fully saturated rings. The predicted molar refractivity (Wildman–Crippen MR) is 118 cm³/mol. The van der Waals surface area contributed by atoms with E-state index in [0.29, 0.717) is 33.1 Å². The fourth-order valence-corrected chi connectivity index (χ4v) is 3.39. The summed E-state index contributed by atoms with van der Waals surface area (Å²) in [5.74, 6) is -0.397. The average molecular weight is 434 g/mol. The smallest absolute Gasteiger partial charge is 0.338 e. The molecule has 1 heterocycles. The van der Waals surface area contributed by atoms with Crippen molar-refractivity contribution < 1.29 is 14.5 Å². The van der Waals surface area contributed by atoms with Crippen LogP contribution in [0, 0.1) is 21.4 Å². The van der Waals surface area contributed by atoms with Crippen molar-refractivity contribution >= 4 is 34.3 Å². The van der Waals surface area contributed by atoms with Gasteiger partial charge in [0, 0.05) is 35.0 Å². The molecule has 0 aliphatic heterocycles. The first kappa shape index (κ1) is 21.7. The summed E-state index contributed by atoms with van der Waals surface area (Å²) in [4.78, 5) is 26.8. The molecule has 3 aromatic rings. The first-order chi connectivity index (χ1) is 14.9. The molecule has 0 atom stereocenters. The first-order valence-electron chi connectivity index (χ1n) is 9.26. The molecule has 0 aliphatic carbocycles. The molecule has 0 radical (unpaired) electrons. The highest BCUT2D eigenvalue weighted by Crippen LogP contribution is 2.28. The Morgan fingerprint density at radius 1 is 1.29 bits per heavy atom. The van der Waals surface area contributed by atoms with E-state index in [0.717, 1.165) is 0 Å². The van der Waals surface area contributed by atoms with Gasteiger partial charge in [0.1, 0.15) is 16.6 Å². The van der Waals surface area contributed by atoms with Crippen molar-refractivity contribution in [3.63, 3.8) is 0 Å². The van der Waals surface area contributed by atoms with Gasteiger partial charge < -0.3 is 10.1 Å². The number of nitrogens with zero attached hydrogens (tertiary/aromatic N) is 3. The van der Waals surface area contributed by atoms with Crippen LogP contribution in [-0.2, 0) is 4.74 Å². The van der Waals surface area contributed by atoms with E-state index >= 15 is 0 Å². The molecule has 0 unspecified atom stereocenters. The van der Waals surface area contributed by atoms with Gasteiger partial charge in [-0.15, -0.1) is 11.3 Å². The summed E-state index contributed by atoms with van der Waals surface area (Å²) in [6.45, 7) is 3.57. The average Bonchev–Trinajstić information content (AvgIpc) is 3.24. The number of nitro benzene ring substituents is 1. The van der Waals surface area contributed by atoms with E-state index < -0.39 is 10.9 Å². The number of nitro groups is 1. The van der Waals surface area contributed by atoms with Gasteiger partial charge in [0.2, 0.25) is 0 Å². The number of ether oxygens (including phenoxy) is 1. The second-order valence-electron chi connectivity index (χ2n) is 6.69. The van der Waals surface area contributed by atoms with E-state index in [1.807, 2.05) is 0 Å². The van der Waals surface area contributed by atoms with E-state index in [4.69, 9.17) is 4.74 Å². The van der Waals surface area contributed by atoms with Crippen molar-refractivity contribution in [3.05, 3.63) is 80.8 Å². The van der Waals surface area contributed by atoms with Crippen molar-refractivity contribution in [2.24, 2.45) is 0 Å². The zero-order valence-corrected chi connectivity index (χ0v) is 17.6. The SMILES string of the molecule is CC(C)OC(=O)c1ccc(N/C=C(\C#N)c2nc(-c3cccc([N+](=O)[O-])c3)cs2)cc1. The standard InChI is InChI=1S/C22H18N4O4S/c1-14(2)30-22(27)15-6-8-18(9-7-15)24-12-17(11-23)21-25-20(13-31-21)16-4-3-5-19(10-16)26(28)29/h3-10,12-14,24H,1-2H3/b17-12+. The minimum absolute atomic E-state index is 0.0227. The molecule has 0 bridgehead atoms. The minimum atomic E-state index is -0.463. The Bertz CT molecular complexity index is 1180. The molecule has 156 valence electrons. The number of nitriles is 1. The van der Waals surface area contributed by atoms with Gasteiger partial charge in [-0.1, -0.05) is 12.1 Å². The second-order valence-corrected chi connectivity index (χ2v) is 7.55. The van der Waals surface area contributed by atoms with Gasteiger partial charge in [0.25, 0.3) is 5.69 Å². The van der Waals surface area contributed by atoms with Crippen LogP contribution in [0.2, 0.25) is 0 Å². The first-order valence-corrected chi connectivity index (χ1v) is 10.1. The maximum Gasteiger partial charge on any atom is 0.338 e. The van der Waals surface area contributed by atoms with Crippen LogP contribution in [0.3, 0.4) is 0 Å². The highest BCUT2D eigenvalue weighted by atomic mass is 32.1. The third-order valence-electron chi connectivity index (χ3n) is 4.05. The number of hydrogen-bond acceptors (Lipinski definition) is 8. The zero-order valence-electron chi connectivity index (χ0n) is 16.7. The Kier molecular flexibility index (Phi) is 6.74. The lowest BCUT2D eigenvalue weighted by molar-refractivity contribution is -0.384. The van der Waals surface area contributed by atoms with Crippen molar-refractivity contribution in [2.45, 2.75) is 20.0 Å². The Hall–Kier alpha value is -4.03. The number of benzene rings is 2. The molecule has 0 saturated carbocycles. The van der Waals surface area contributed by atoms with Crippen LogP contribution in [0.4, 0.5) is 11.4 Å². The number of esters is 1. The van der Waals surface area contributed by atoms with Crippen LogP contribution in [0.25, 0.3) is 16.8 Å². The number of nitrogens with one attached hydrogen (secondary N) is 1. The molecule has 31 heavy (non-hydrogen) atoms. The Morgan fingerprint density at radius 3 is 2.68 bits per heavy atom. The van der Waals surface area contributed by atoms with Crippen molar-refractivity contribution in [3.8, 4) is 17.3 Å². The number of carbonyl (C=O) groups is 1. The summed E-state index contributed by atoms with van der Waals surface area (Å²) < 4.78 is 5.15. The normalized spacial score (nSPS) is 11.1. The highest BCUT2D eigenvalue weighted by molar-refractivity contribution is 7.11. The summed E-state index contributed by atoms with van der Waals surface area (Å²) in [5.41, 5.74) is 2.56. The summed E-state index contributed by atoms with van der Waals surface area (Å²) in [6, 6.07) is 15.0. The summed E-state index contributed by atoms with van der Waals surface area (Å²) in [5, 5.41) is 25.7. The summed E-state index contributed by atoms with van der Waals surface area (Å²) >= 11 is 1.27. The number of carbonyl (C=O) groups excluding carboxylic acids is 1. The molecule has 0 spiro atoms. The molecule has 9 heteroatoms. The second kappa shape index (κ2) is 9.65. The van der Waals surface area contributed by atoms with E-state index in [1.54, 1.807) is 55.6 Å². The zero-order chi connectivity index (χ0) is 22.4. The fraction of sp³-hybridized carbons (Fsp3) is 0.136. The van der Waals surface area contributed by atoms with E-state index in [-0.39, 0.29) is 11.8 Å². The highest BCUT2D eigenvalue weighted by Gasteiger charge is 2.12. The van der Waals surface area contributed by atoms with E-state index in [1.165, 1.54) is 29.7 Å². The van der Waals surface area contributed by atoms with Crippen LogP contribution in [0.5, 0.6) is 0 Å². The molecule has 1 N–H and O–H groups in total. The van der Waals surface area contributed by atoms with Gasteiger partial charge in [-0.25, -0.2) is 9.78 Å². The van der Waals surface area contributed by atoms with Crippen molar-refractivity contribution in [1.82, 2.24) is 4.98 Å². The Morgan fingerprint density at radius 2 is 2.03 bits per heavy atom. The predicted octanol–water partition coefficient (Wildman–Crippen LogP) is 5.26. The number of non-ortho nitro benzene ring substituents is 1. The van der Waals surface area contributed by atoms with Gasteiger partial charge in [-0.3, -0.25) is 10.1 Å². The van der Waals surface area contributed by atoms with E-state index in [2.05, 4.69) is 16.4 Å². The van der Waals surface area contributed by atoms with Crippen molar-refractivity contribution in [1.29, 1.82) is 5.26 Å². The van der Waals surface area contributed by atoms with Crippen LogP contribution in [-0.4, -0.2) is 22.0 Å². The summed E-state index contributed by atoms with van der Waals surface area (Å²) in [6.07, 6.45) is 1.33. The van der Waals surface area contributed by atoms with Crippen LogP contribution in [0.1, 0.15) is 29.2 Å². The quantitative estimate of drug-likeness (QED) is 0.233. The number of rotatable bonds is 7. The lowest BCUT2D eigenvalue weighted by Crippen LogP contribution is -2.11. The van der Waals surface area contributed by atoms with Crippen LogP contribution in [0.15, 0.2) is 60.1 Å². The monoisotopic (exact) mass is 434 g/mol. The largest absolute Gasteiger partial charge is 0.459 e. The lowest BCUT2D eigenvalue weighted by atomic mass is 10.1. The number of allylic oxidation sites excluding steroid dienone is 1. The number of aromatic nitrogens is 1. The molecular formula is C22H18N4O4S. The fourth-order valence-electron chi connectivity index (χ4n) is 2.59. The maximum absolute atomic E-state index is 11.9. The number of anilines is 1. The Balaban J connectivity index is 1.74. The molecule has 0 saturated heterocycles. The molecular weight excluding hydrogens is 416 g/mol. The number of hydrogen-bond donors (Lipinski definition) is 1. The topological polar surface area (TPSA) is 118 Å². The third-order valence-corrected chi connectivity index (χ3v) is 4.93. The number of thiazole rings is 1. The minimum Gasteiger partial charge on any atom is -0.459 e. The van der Waals surface area contributed by atoms with Crippen LogP contribution >= 0.6 is 11.3 Å². The van der Waals surface area contributed by atoms with Crippen LogP contribution < -0.4 is 5.32 Å². The van der Waals surface area contributed by atoms with Gasteiger partial charge in [-0.2, -0.15) is 5.26 Å².